The Morgan fingerprint density at radius 1 is 0.720 bits per heavy atom. The summed E-state index contributed by atoms with van der Waals surface area (Å²) < 4.78 is 0. The molecule has 0 radical (unpaired) electrons. The number of nitrogens with zero attached hydrogens (tertiary/aromatic N) is 3. The zero-order valence-electron chi connectivity index (χ0n) is 14.0. The molecule has 0 unspecified atom stereocenters. The van der Waals surface area contributed by atoms with Crippen LogP contribution in [0.4, 0.5) is 5.95 Å². The van der Waals surface area contributed by atoms with Gasteiger partial charge in [-0.2, -0.15) is 0 Å². The Balaban J connectivity index is 2.11. The lowest BCUT2D eigenvalue weighted by Gasteiger charge is -2.20. The minimum Gasteiger partial charge on any atom is -0.268 e. The molecule has 5 heteroatoms. The van der Waals surface area contributed by atoms with Crippen molar-refractivity contribution in [3.05, 3.63) is 89.2 Å². The van der Waals surface area contributed by atoms with Crippen LogP contribution in [-0.2, 0) is 0 Å². The molecule has 25 heavy (non-hydrogen) atoms. The van der Waals surface area contributed by atoms with Crippen molar-refractivity contribution in [1.29, 1.82) is 0 Å². The molecule has 3 aromatic rings. The zero-order valence-corrected chi connectivity index (χ0v) is 14.0. The Morgan fingerprint density at radius 3 is 1.60 bits per heavy atom. The second-order valence-corrected chi connectivity index (χ2v) is 5.62. The van der Waals surface area contributed by atoms with Crippen LogP contribution in [-0.4, -0.2) is 21.8 Å². The van der Waals surface area contributed by atoms with Gasteiger partial charge in [0.25, 0.3) is 11.8 Å². The maximum absolute atomic E-state index is 13.1. The monoisotopic (exact) mass is 331 g/mol. The molecule has 0 aliphatic rings. The van der Waals surface area contributed by atoms with Gasteiger partial charge in [0.1, 0.15) is 0 Å². The van der Waals surface area contributed by atoms with Gasteiger partial charge in [0.15, 0.2) is 0 Å². The number of anilines is 1. The lowest BCUT2D eigenvalue weighted by molar-refractivity contribution is 0.0894. The number of hydrogen-bond donors (Lipinski definition) is 0. The van der Waals surface area contributed by atoms with Crippen molar-refractivity contribution in [3.63, 3.8) is 0 Å². The normalized spacial score (nSPS) is 10.3. The highest BCUT2D eigenvalue weighted by Gasteiger charge is 2.29. The van der Waals surface area contributed by atoms with Gasteiger partial charge in [0.05, 0.1) is 0 Å². The molecule has 3 rings (SSSR count). The van der Waals surface area contributed by atoms with Crippen LogP contribution in [0.15, 0.2) is 67.0 Å². The lowest BCUT2D eigenvalue weighted by atomic mass is 10.1. The third-order valence-electron chi connectivity index (χ3n) is 3.91. The Bertz CT molecular complexity index is 865. The standard InChI is InChI=1S/C20H17N3O2/c1-14-8-3-5-10-16(14)18(24)23(20-21-12-7-13-22-20)19(25)17-11-6-4-9-15(17)2/h3-13H,1-2H3. The molecule has 0 atom stereocenters. The van der Waals surface area contributed by atoms with Gasteiger partial charge >= 0.3 is 0 Å². The van der Waals surface area contributed by atoms with Crippen LogP contribution in [0.1, 0.15) is 31.8 Å². The van der Waals surface area contributed by atoms with E-state index in [1.165, 1.54) is 12.4 Å². The third-order valence-corrected chi connectivity index (χ3v) is 3.91. The van der Waals surface area contributed by atoms with Gasteiger partial charge in [-0.1, -0.05) is 36.4 Å². The van der Waals surface area contributed by atoms with Gasteiger partial charge in [-0.3, -0.25) is 9.59 Å². The maximum Gasteiger partial charge on any atom is 0.268 e. The molecule has 1 aromatic heterocycles. The summed E-state index contributed by atoms with van der Waals surface area (Å²) in [7, 11) is 0. The maximum atomic E-state index is 13.1. The van der Waals surface area contributed by atoms with Crippen LogP contribution in [0.25, 0.3) is 0 Å². The predicted molar refractivity (Wildman–Crippen MR) is 95.5 cm³/mol. The summed E-state index contributed by atoms with van der Waals surface area (Å²) in [5.74, 6) is -0.834. The van der Waals surface area contributed by atoms with E-state index in [2.05, 4.69) is 9.97 Å². The zero-order chi connectivity index (χ0) is 17.8. The van der Waals surface area contributed by atoms with Crippen molar-refractivity contribution >= 4 is 17.8 Å². The van der Waals surface area contributed by atoms with Crippen LogP contribution in [0.2, 0.25) is 0 Å². The summed E-state index contributed by atoms with van der Waals surface area (Å²) in [6.07, 6.45) is 3.01. The Morgan fingerprint density at radius 2 is 1.16 bits per heavy atom. The summed E-state index contributed by atoms with van der Waals surface area (Å²) in [5.41, 5.74) is 2.45. The second-order valence-electron chi connectivity index (χ2n) is 5.62. The van der Waals surface area contributed by atoms with E-state index in [1.54, 1.807) is 30.3 Å². The molecule has 124 valence electrons. The van der Waals surface area contributed by atoms with Crippen LogP contribution in [0, 0.1) is 13.8 Å². The number of benzene rings is 2. The van der Waals surface area contributed by atoms with Gasteiger partial charge in [0.2, 0.25) is 5.95 Å². The van der Waals surface area contributed by atoms with Gasteiger partial charge < -0.3 is 0 Å². The molecule has 0 N–H and O–H groups in total. The van der Waals surface area contributed by atoms with Crippen LogP contribution >= 0.6 is 0 Å². The highest BCUT2D eigenvalue weighted by Crippen LogP contribution is 2.19. The van der Waals surface area contributed by atoms with E-state index in [0.717, 1.165) is 16.0 Å². The topological polar surface area (TPSA) is 63.2 Å². The fraction of sp³-hybridized carbons (Fsp3) is 0.100. The molecule has 0 bridgehead atoms. The van der Waals surface area contributed by atoms with Gasteiger partial charge in [-0.25, -0.2) is 14.9 Å². The molecule has 5 nitrogen and oxygen atoms in total. The van der Waals surface area contributed by atoms with Gasteiger partial charge in [-0.15, -0.1) is 0 Å². The average Bonchev–Trinajstić information content (AvgIpc) is 2.63. The number of hydrogen-bond acceptors (Lipinski definition) is 4. The van der Waals surface area contributed by atoms with E-state index in [-0.39, 0.29) is 5.95 Å². The van der Waals surface area contributed by atoms with Crippen molar-refractivity contribution in [2.75, 3.05) is 4.90 Å². The number of carbonyl (C=O) groups is 2. The first-order valence-electron chi connectivity index (χ1n) is 7.86. The predicted octanol–water partition coefficient (Wildman–Crippen LogP) is 3.58. The van der Waals surface area contributed by atoms with Crippen molar-refractivity contribution in [1.82, 2.24) is 9.97 Å². The van der Waals surface area contributed by atoms with Crippen LogP contribution in [0.5, 0.6) is 0 Å². The van der Waals surface area contributed by atoms with Crippen molar-refractivity contribution in [2.24, 2.45) is 0 Å². The summed E-state index contributed by atoms with van der Waals surface area (Å²) in [6, 6.07) is 15.9. The first kappa shape index (κ1) is 16.5. The molecule has 0 fully saturated rings. The molecule has 0 spiro atoms. The van der Waals surface area contributed by atoms with E-state index in [9.17, 15) is 9.59 Å². The van der Waals surface area contributed by atoms with Crippen molar-refractivity contribution in [3.8, 4) is 0 Å². The highest BCUT2D eigenvalue weighted by molar-refractivity contribution is 6.25. The number of rotatable bonds is 3. The molecule has 1 heterocycles. The Hall–Kier alpha value is -3.34. The van der Waals surface area contributed by atoms with Crippen molar-refractivity contribution < 1.29 is 9.59 Å². The summed E-state index contributed by atoms with van der Waals surface area (Å²) >= 11 is 0. The SMILES string of the molecule is Cc1ccccc1C(=O)N(C(=O)c1ccccc1C)c1ncccn1. The Labute approximate surface area is 146 Å². The fourth-order valence-electron chi connectivity index (χ4n) is 2.55. The van der Waals surface area contributed by atoms with Gasteiger partial charge in [0, 0.05) is 23.5 Å². The molecule has 0 saturated carbocycles. The largest absolute Gasteiger partial charge is 0.268 e. The van der Waals surface area contributed by atoms with E-state index in [0.29, 0.717) is 11.1 Å². The number of aromatic nitrogens is 2. The minimum absolute atomic E-state index is 0.0593. The molecular weight excluding hydrogens is 314 g/mol. The number of aryl methyl sites for hydroxylation is 2. The minimum atomic E-state index is -0.447. The van der Waals surface area contributed by atoms with E-state index < -0.39 is 11.8 Å². The smallest absolute Gasteiger partial charge is 0.268 e. The summed E-state index contributed by atoms with van der Waals surface area (Å²) in [5, 5.41) is 0. The molecule has 2 aromatic carbocycles. The molecule has 0 aliphatic heterocycles. The fourth-order valence-corrected chi connectivity index (χ4v) is 2.55. The second kappa shape index (κ2) is 7.05. The quantitative estimate of drug-likeness (QED) is 0.688. The third kappa shape index (κ3) is 3.30. The molecular formula is C20H17N3O2. The molecule has 0 aliphatic carbocycles. The molecule has 0 saturated heterocycles. The number of carbonyl (C=O) groups excluding carboxylic acids is 2. The summed E-state index contributed by atoms with van der Waals surface area (Å²) in [4.78, 5) is 35.5. The van der Waals surface area contributed by atoms with Crippen LogP contribution in [0.3, 0.4) is 0 Å². The summed E-state index contributed by atoms with van der Waals surface area (Å²) in [6.45, 7) is 3.66. The van der Waals surface area contributed by atoms with E-state index in [4.69, 9.17) is 0 Å². The van der Waals surface area contributed by atoms with Gasteiger partial charge in [-0.05, 0) is 43.2 Å². The number of imide groups is 1. The van der Waals surface area contributed by atoms with E-state index in [1.807, 2.05) is 38.1 Å². The van der Waals surface area contributed by atoms with Crippen molar-refractivity contribution in [2.45, 2.75) is 13.8 Å². The van der Waals surface area contributed by atoms with E-state index >= 15 is 0 Å². The molecule has 2 amide bonds. The lowest BCUT2D eigenvalue weighted by Crippen LogP contribution is -2.39. The first-order chi connectivity index (χ1) is 12.1. The van der Waals surface area contributed by atoms with Crippen LogP contribution < -0.4 is 4.90 Å². The first-order valence-corrected chi connectivity index (χ1v) is 7.86. The number of amides is 2. The highest BCUT2D eigenvalue weighted by atomic mass is 16.2. The Kier molecular flexibility index (Phi) is 4.66. The average molecular weight is 331 g/mol.